The summed E-state index contributed by atoms with van der Waals surface area (Å²) >= 11 is 0. The van der Waals surface area contributed by atoms with E-state index in [1.54, 1.807) is 0 Å². The van der Waals surface area contributed by atoms with Crippen molar-refractivity contribution in [3.63, 3.8) is 0 Å². The number of hydrogen-bond donors (Lipinski definition) is 1. The molecule has 0 saturated heterocycles. The number of carbonyl (C=O) groups is 1. The number of halogens is 1. The summed E-state index contributed by atoms with van der Waals surface area (Å²) in [6, 6.07) is 16.0. The number of Topliss-reactive ketones (excluding diaryl/α,β-unsaturated/α-hetero) is 1. The lowest BCUT2D eigenvalue weighted by Gasteiger charge is -2.18. The molecule has 0 fully saturated rings. The maximum atomic E-state index is 12.8. The van der Waals surface area contributed by atoms with Crippen LogP contribution in [0.15, 0.2) is 54.2 Å². The van der Waals surface area contributed by atoms with Crippen LogP contribution >= 0.6 is 0 Å². The van der Waals surface area contributed by atoms with Crippen molar-refractivity contribution in [1.29, 1.82) is 0 Å². The van der Waals surface area contributed by atoms with Gasteiger partial charge in [0.05, 0.1) is 5.92 Å². The van der Waals surface area contributed by atoms with Gasteiger partial charge in [-0.15, -0.1) is 4.57 Å². The van der Waals surface area contributed by atoms with Crippen LogP contribution in [0, 0.1) is 5.92 Å². The standard InChI is InChI=1S/C21H20N4O.ClH/c1-13-16(22)12-19-20(21(13)26)23-17-10-9-15(24(2)3)11-18(17)25(19)14-7-5-4-6-8-14;/h4-13,22H,1-3H3;1H. The van der Waals surface area contributed by atoms with Crippen molar-refractivity contribution in [3.05, 3.63) is 65.6 Å². The summed E-state index contributed by atoms with van der Waals surface area (Å²) in [7, 11) is 4.01. The highest BCUT2D eigenvalue weighted by Crippen LogP contribution is 2.27. The largest absolute Gasteiger partial charge is 1.00 e. The molecule has 1 atom stereocenters. The van der Waals surface area contributed by atoms with Crippen LogP contribution in [0.2, 0.25) is 0 Å². The quantitative estimate of drug-likeness (QED) is 0.621. The zero-order chi connectivity index (χ0) is 18.4. The number of fused-ring (bicyclic) bond motifs is 2. The van der Waals surface area contributed by atoms with Gasteiger partial charge in [-0.05, 0) is 19.1 Å². The molecular weight excluding hydrogens is 360 g/mol. The Balaban J connectivity index is 0.00000210. The molecule has 0 amide bonds. The lowest BCUT2D eigenvalue weighted by Crippen LogP contribution is -3.00. The second-order valence-electron chi connectivity index (χ2n) is 6.81. The van der Waals surface area contributed by atoms with E-state index >= 15 is 0 Å². The fraction of sp³-hybridized carbons (Fsp3) is 0.190. The van der Waals surface area contributed by atoms with Gasteiger partial charge in [0.2, 0.25) is 16.9 Å². The molecule has 5 nitrogen and oxygen atoms in total. The van der Waals surface area contributed by atoms with Crippen LogP contribution in [-0.4, -0.2) is 24.9 Å². The van der Waals surface area contributed by atoms with E-state index in [9.17, 15) is 4.79 Å². The average Bonchev–Trinajstić information content (AvgIpc) is 2.65. The number of benzene rings is 2. The molecule has 6 heteroatoms. The molecule has 2 N–H and O–H groups in total. The molecule has 138 valence electrons. The first-order valence-corrected chi connectivity index (χ1v) is 8.61. The van der Waals surface area contributed by atoms with Gasteiger partial charge in [-0.25, -0.2) is 4.98 Å². The lowest BCUT2D eigenvalue weighted by atomic mass is 9.92. The summed E-state index contributed by atoms with van der Waals surface area (Å²) in [6.07, 6.45) is 1.88. The van der Waals surface area contributed by atoms with E-state index in [0.717, 1.165) is 28.1 Å². The third-order valence-electron chi connectivity index (χ3n) is 4.88. The van der Waals surface area contributed by atoms with Gasteiger partial charge >= 0.3 is 0 Å². The molecule has 0 aliphatic heterocycles. The molecule has 1 unspecified atom stereocenters. The van der Waals surface area contributed by atoms with Crippen LogP contribution in [0.25, 0.3) is 22.8 Å². The molecule has 1 aliphatic carbocycles. The summed E-state index contributed by atoms with van der Waals surface area (Å²) in [6.45, 7) is 1.82. The Morgan fingerprint density at radius 2 is 1.81 bits per heavy atom. The summed E-state index contributed by atoms with van der Waals surface area (Å²) in [5.41, 5.74) is 11.7. The second kappa shape index (κ2) is 7.00. The van der Waals surface area contributed by atoms with Crippen LogP contribution in [0.4, 0.5) is 5.69 Å². The van der Waals surface area contributed by atoms with Crippen molar-refractivity contribution < 1.29 is 21.8 Å². The molecule has 1 aromatic heterocycles. The van der Waals surface area contributed by atoms with Crippen LogP contribution < -0.4 is 27.6 Å². The first-order chi connectivity index (χ1) is 12.5. The highest BCUT2D eigenvalue weighted by molar-refractivity contribution is 6.03. The first kappa shape index (κ1) is 18.9. The van der Waals surface area contributed by atoms with E-state index < -0.39 is 0 Å². The molecule has 2 aromatic carbocycles. The fourth-order valence-electron chi connectivity index (χ4n) is 3.29. The SMILES string of the molecule is CC1C(=O)c2nc3ccc(N(C)C)cc3[n+](-c3ccccc3)c2C=C1N.[Cl-]. The van der Waals surface area contributed by atoms with Gasteiger partial charge in [0, 0.05) is 49.8 Å². The highest BCUT2D eigenvalue weighted by atomic mass is 35.5. The number of nitrogens with two attached hydrogens (primary N) is 1. The Morgan fingerprint density at radius 3 is 2.48 bits per heavy atom. The highest BCUT2D eigenvalue weighted by Gasteiger charge is 2.34. The number of rotatable bonds is 2. The summed E-state index contributed by atoms with van der Waals surface area (Å²) in [5, 5.41) is 0. The molecule has 1 aliphatic rings. The van der Waals surface area contributed by atoms with E-state index in [2.05, 4.69) is 15.6 Å². The van der Waals surface area contributed by atoms with Crippen LogP contribution in [0.1, 0.15) is 23.1 Å². The van der Waals surface area contributed by atoms with Gasteiger partial charge in [-0.1, -0.05) is 18.2 Å². The normalized spacial score (nSPS) is 15.7. The maximum Gasteiger partial charge on any atom is 0.243 e. The van der Waals surface area contributed by atoms with E-state index in [-0.39, 0.29) is 24.1 Å². The van der Waals surface area contributed by atoms with Crippen molar-refractivity contribution >= 4 is 28.6 Å². The summed E-state index contributed by atoms with van der Waals surface area (Å²) < 4.78 is 2.07. The molecule has 0 radical (unpaired) electrons. The smallest absolute Gasteiger partial charge is 0.243 e. The molecule has 3 aromatic rings. The van der Waals surface area contributed by atoms with E-state index in [4.69, 9.17) is 5.73 Å². The Hall–Kier alpha value is -2.92. The number of aromatic nitrogens is 2. The maximum absolute atomic E-state index is 12.8. The van der Waals surface area contributed by atoms with Gasteiger partial charge in [-0.3, -0.25) is 4.79 Å². The minimum Gasteiger partial charge on any atom is -1.00 e. The van der Waals surface area contributed by atoms with Crippen LogP contribution in [-0.2, 0) is 0 Å². The molecule has 27 heavy (non-hydrogen) atoms. The molecule has 0 spiro atoms. The minimum absolute atomic E-state index is 0. The lowest BCUT2D eigenvalue weighted by molar-refractivity contribution is -0.570. The van der Waals surface area contributed by atoms with Crippen molar-refractivity contribution in [1.82, 2.24) is 4.98 Å². The zero-order valence-electron chi connectivity index (χ0n) is 15.5. The molecule has 0 bridgehead atoms. The van der Waals surface area contributed by atoms with Crippen LogP contribution in [0.5, 0.6) is 0 Å². The predicted molar refractivity (Wildman–Crippen MR) is 103 cm³/mol. The predicted octanol–water partition coefficient (Wildman–Crippen LogP) is -0.286. The average molecular weight is 381 g/mol. The van der Waals surface area contributed by atoms with Crippen molar-refractivity contribution in [2.45, 2.75) is 6.92 Å². The monoisotopic (exact) mass is 380 g/mol. The summed E-state index contributed by atoms with van der Waals surface area (Å²) in [5.74, 6) is -0.388. The van der Waals surface area contributed by atoms with Gasteiger partial charge < -0.3 is 23.0 Å². The third kappa shape index (κ3) is 3.04. The van der Waals surface area contributed by atoms with Crippen molar-refractivity contribution in [2.75, 3.05) is 19.0 Å². The molecular formula is C21H21ClN4O. The Bertz CT molecular complexity index is 1060. The topological polar surface area (TPSA) is 63.1 Å². The number of ketones is 1. The number of anilines is 1. The Morgan fingerprint density at radius 1 is 1.11 bits per heavy atom. The van der Waals surface area contributed by atoms with Gasteiger partial charge in [0.25, 0.3) is 0 Å². The van der Waals surface area contributed by atoms with Crippen LogP contribution in [0.3, 0.4) is 0 Å². The molecule has 0 saturated carbocycles. The number of carbonyl (C=O) groups excluding carboxylic acids is 1. The Kier molecular flexibility index (Phi) is 4.89. The van der Waals surface area contributed by atoms with Gasteiger partial charge in [0.1, 0.15) is 5.52 Å². The van der Waals surface area contributed by atoms with E-state index in [1.165, 1.54) is 0 Å². The van der Waals surface area contributed by atoms with E-state index in [1.807, 2.05) is 74.5 Å². The fourth-order valence-corrected chi connectivity index (χ4v) is 3.29. The third-order valence-corrected chi connectivity index (χ3v) is 4.88. The van der Waals surface area contributed by atoms with Gasteiger partial charge in [-0.2, -0.15) is 0 Å². The number of nitrogens with zero attached hydrogens (tertiary/aromatic N) is 3. The molecule has 1 heterocycles. The second-order valence-corrected chi connectivity index (χ2v) is 6.81. The van der Waals surface area contributed by atoms with Gasteiger partial charge in [0.15, 0.2) is 11.5 Å². The van der Waals surface area contributed by atoms with Crippen molar-refractivity contribution in [2.24, 2.45) is 11.7 Å². The number of allylic oxidation sites excluding steroid dienone is 1. The minimum atomic E-state index is -0.349. The first-order valence-electron chi connectivity index (χ1n) is 8.61. The number of hydrogen-bond acceptors (Lipinski definition) is 4. The molecule has 4 rings (SSSR count). The summed E-state index contributed by atoms with van der Waals surface area (Å²) in [4.78, 5) is 19.6. The van der Waals surface area contributed by atoms with Crippen molar-refractivity contribution in [3.8, 4) is 5.69 Å². The zero-order valence-corrected chi connectivity index (χ0v) is 16.2. The van der Waals surface area contributed by atoms with E-state index in [0.29, 0.717) is 11.4 Å². The Labute approximate surface area is 164 Å². The number of para-hydroxylation sites is 1.